The molecular weight excluding hydrogens is 376 g/mol. The Bertz CT molecular complexity index is 1080. The summed E-state index contributed by atoms with van der Waals surface area (Å²) in [5.41, 5.74) is 2.06. The summed E-state index contributed by atoms with van der Waals surface area (Å²) in [7, 11) is -2.13. The number of benzene rings is 2. The molecule has 0 saturated heterocycles. The molecule has 1 aromatic heterocycles. The Kier molecular flexibility index (Phi) is 5.93. The first-order chi connectivity index (χ1) is 13.5. The monoisotopic (exact) mass is 394 g/mol. The van der Waals surface area contributed by atoms with Gasteiger partial charge in [-0.25, -0.2) is 23.1 Å². The van der Waals surface area contributed by atoms with Crippen LogP contribution in [0.15, 0.2) is 78.0 Å². The summed E-state index contributed by atoms with van der Waals surface area (Å²) in [5, 5.41) is 2.68. The molecule has 0 atom stereocenters. The van der Waals surface area contributed by atoms with Crippen LogP contribution in [0.4, 0.5) is 5.69 Å². The van der Waals surface area contributed by atoms with Crippen LogP contribution in [0.1, 0.15) is 5.56 Å². The van der Waals surface area contributed by atoms with Crippen molar-refractivity contribution in [2.24, 2.45) is 0 Å². The molecule has 142 valence electrons. The molecule has 0 spiro atoms. The predicted octanol–water partition coefficient (Wildman–Crippen LogP) is 2.70. The van der Waals surface area contributed by atoms with Gasteiger partial charge in [0.15, 0.2) is 5.82 Å². The highest BCUT2D eigenvalue weighted by Gasteiger charge is 2.09. The van der Waals surface area contributed by atoms with Gasteiger partial charge in [0.1, 0.15) is 0 Å². The lowest BCUT2D eigenvalue weighted by Crippen LogP contribution is -2.18. The first-order valence-electron chi connectivity index (χ1n) is 8.38. The van der Waals surface area contributed by atoms with Gasteiger partial charge in [0.2, 0.25) is 15.9 Å². The molecule has 28 heavy (non-hydrogen) atoms. The largest absolute Gasteiger partial charge is 0.320 e. The Morgan fingerprint density at radius 3 is 2.21 bits per heavy atom. The van der Waals surface area contributed by atoms with E-state index in [0.717, 1.165) is 5.56 Å². The van der Waals surface area contributed by atoms with Gasteiger partial charge in [0.05, 0.1) is 23.0 Å². The highest BCUT2D eigenvalue weighted by Crippen LogP contribution is 2.15. The average molecular weight is 394 g/mol. The van der Waals surface area contributed by atoms with Crippen LogP contribution >= 0.6 is 0 Å². The smallest absolute Gasteiger partial charge is 0.248 e. The lowest BCUT2D eigenvalue weighted by atomic mass is 10.2. The Balaban J connectivity index is 1.62. The van der Waals surface area contributed by atoms with Crippen LogP contribution in [-0.2, 0) is 14.8 Å². The Morgan fingerprint density at radius 1 is 0.964 bits per heavy atom. The molecule has 0 unspecified atom stereocenters. The summed E-state index contributed by atoms with van der Waals surface area (Å²) >= 11 is 0. The van der Waals surface area contributed by atoms with Crippen molar-refractivity contribution in [1.29, 1.82) is 0 Å². The van der Waals surface area contributed by atoms with E-state index >= 15 is 0 Å². The average Bonchev–Trinajstić information content (AvgIpc) is 2.74. The van der Waals surface area contributed by atoms with E-state index in [1.54, 1.807) is 30.6 Å². The second-order valence-electron chi connectivity index (χ2n) is 5.76. The molecule has 8 heteroatoms. The van der Waals surface area contributed by atoms with Crippen molar-refractivity contribution in [3.63, 3.8) is 0 Å². The van der Waals surface area contributed by atoms with Crippen molar-refractivity contribution in [1.82, 2.24) is 14.7 Å². The molecule has 2 aromatic carbocycles. The van der Waals surface area contributed by atoms with Crippen LogP contribution < -0.4 is 10.0 Å². The Hall–Kier alpha value is -3.36. The van der Waals surface area contributed by atoms with E-state index in [9.17, 15) is 13.2 Å². The summed E-state index contributed by atoms with van der Waals surface area (Å²) in [5.74, 6) is 0.230. The number of amides is 1. The first kappa shape index (κ1) is 19.4. The van der Waals surface area contributed by atoms with E-state index in [1.165, 1.54) is 25.3 Å². The molecule has 3 aromatic rings. The lowest BCUT2D eigenvalue weighted by Gasteiger charge is -2.04. The number of anilines is 1. The quantitative estimate of drug-likeness (QED) is 0.626. The first-order valence-corrected chi connectivity index (χ1v) is 9.86. The molecule has 0 radical (unpaired) electrons. The van der Waals surface area contributed by atoms with Crippen LogP contribution in [0.5, 0.6) is 0 Å². The van der Waals surface area contributed by atoms with E-state index in [1.807, 2.05) is 30.3 Å². The van der Waals surface area contributed by atoms with Crippen LogP contribution in [0.3, 0.4) is 0 Å². The molecule has 1 heterocycles. The second kappa shape index (κ2) is 8.55. The fourth-order valence-electron chi connectivity index (χ4n) is 2.36. The molecule has 0 fully saturated rings. The van der Waals surface area contributed by atoms with Gasteiger partial charge in [0, 0.05) is 11.6 Å². The van der Waals surface area contributed by atoms with Gasteiger partial charge < -0.3 is 5.32 Å². The fraction of sp³-hybridized carbons (Fsp3) is 0.0500. The van der Waals surface area contributed by atoms with E-state index in [2.05, 4.69) is 20.0 Å². The second-order valence-corrected chi connectivity index (χ2v) is 7.65. The van der Waals surface area contributed by atoms with Crippen LogP contribution in [0.25, 0.3) is 17.5 Å². The third kappa shape index (κ3) is 4.87. The van der Waals surface area contributed by atoms with E-state index in [-0.39, 0.29) is 10.8 Å². The lowest BCUT2D eigenvalue weighted by molar-refractivity contribution is -0.111. The van der Waals surface area contributed by atoms with Crippen molar-refractivity contribution in [3.05, 3.63) is 78.6 Å². The third-order valence-corrected chi connectivity index (χ3v) is 5.27. The Morgan fingerprint density at radius 2 is 1.61 bits per heavy atom. The van der Waals surface area contributed by atoms with Crippen molar-refractivity contribution in [2.45, 2.75) is 4.90 Å². The van der Waals surface area contributed by atoms with Crippen LogP contribution in [-0.4, -0.2) is 31.3 Å². The molecule has 0 saturated carbocycles. The minimum atomic E-state index is -3.48. The molecule has 2 N–H and O–H groups in total. The summed E-state index contributed by atoms with van der Waals surface area (Å²) in [6, 6.07) is 15.7. The number of carbonyl (C=O) groups excluding carboxylic acids is 1. The molecule has 0 bridgehead atoms. The van der Waals surface area contributed by atoms with Crippen molar-refractivity contribution < 1.29 is 13.2 Å². The third-order valence-electron chi connectivity index (χ3n) is 3.84. The fourth-order valence-corrected chi connectivity index (χ4v) is 3.09. The minimum Gasteiger partial charge on any atom is -0.320 e. The maximum atomic E-state index is 12.1. The number of rotatable bonds is 6. The van der Waals surface area contributed by atoms with Crippen LogP contribution in [0, 0.1) is 0 Å². The minimum absolute atomic E-state index is 0.159. The zero-order chi connectivity index (χ0) is 20.0. The number of carbonyl (C=O) groups is 1. The van der Waals surface area contributed by atoms with Gasteiger partial charge in [-0.05, 0) is 30.8 Å². The van der Waals surface area contributed by atoms with E-state index in [4.69, 9.17) is 0 Å². The van der Waals surface area contributed by atoms with Crippen LogP contribution in [0.2, 0.25) is 0 Å². The molecule has 0 aliphatic carbocycles. The molecule has 1 amide bonds. The van der Waals surface area contributed by atoms with Crippen molar-refractivity contribution in [2.75, 3.05) is 12.4 Å². The summed E-state index contributed by atoms with van der Waals surface area (Å²) in [4.78, 5) is 20.7. The summed E-state index contributed by atoms with van der Waals surface area (Å²) in [6.45, 7) is 0. The normalized spacial score (nSPS) is 11.5. The van der Waals surface area contributed by atoms with Gasteiger partial charge in [-0.3, -0.25) is 4.79 Å². The molecular formula is C20H18N4O3S. The maximum Gasteiger partial charge on any atom is 0.248 e. The van der Waals surface area contributed by atoms with Gasteiger partial charge >= 0.3 is 0 Å². The van der Waals surface area contributed by atoms with E-state index in [0.29, 0.717) is 17.1 Å². The molecule has 0 aliphatic heterocycles. The van der Waals surface area contributed by atoms with Gasteiger partial charge in [-0.2, -0.15) is 0 Å². The standard InChI is InChI=1S/C20H18N4O3S/c1-21-28(26,27)18-10-7-15(8-11-18)9-12-19(25)24-17-13-22-20(23-14-17)16-5-3-2-4-6-16/h2-14,21H,1H3,(H,24,25). The zero-order valence-electron chi connectivity index (χ0n) is 15.0. The van der Waals surface area contributed by atoms with Gasteiger partial charge in [0.25, 0.3) is 0 Å². The molecule has 3 rings (SSSR count). The number of hydrogen-bond acceptors (Lipinski definition) is 5. The maximum absolute atomic E-state index is 12.1. The predicted molar refractivity (Wildman–Crippen MR) is 108 cm³/mol. The number of nitrogens with one attached hydrogen (secondary N) is 2. The number of nitrogens with zero attached hydrogens (tertiary/aromatic N) is 2. The topological polar surface area (TPSA) is 101 Å². The molecule has 7 nitrogen and oxygen atoms in total. The summed E-state index contributed by atoms with van der Waals surface area (Å²) in [6.07, 6.45) is 6.02. The number of sulfonamides is 1. The highest BCUT2D eigenvalue weighted by atomic mass is 32.2. The van der Waals surface area contributed by atoms with E-state index < -0.39 is 10.0 Å². The molecule has 0 aliphatic rings. The number of hydrogen-bond donors (Lipinski definition) is 2. The number of aromatic nitrogens is 2. The zero-order valence-corrected chi connectivity index (χ0v) is 15.8. The van der Waals surface area contributed by atoms with Crippen molar-refractivity contribution >= 4 is 27.7 Å². The Labute approximate surface area is 163 Å². The SMILES string of the molecule is CNS(=O)(=O)c1ccc(C=CC(=O)Nc2cnc(-c3ccccc3)nc2)cc1. The highest BCUT2D eigenvalue weighted by molar-refractivity contribution is 7.89. The van der Waals surface area contributed by atoms with Crippen molar-refractivity contribution in [3.8, 4) is 11.4 Å². The van der Waals surface area contributed by atoms with Gasteiger partial charge in [-0.1, -0.05) is 42.5 Å². The van der Waals surface area contributed by atoms with Gasteiger partial charge in [-0.15, -0.1) is 0 Å². The summed E-state index contributed by atoms with van der Waals surface area (Å²) < 4.78 is 25.6.